The number of rotatable bonds is 4. The molecule has 1 amide bonds. The number of methoxy groups -OCH3 is 1. The highest BCUT2D eigenvalue weighted by Crippen LogP contribution is 2.47. The molecule has 0 aromatic heterocycles. The third-order valence-corrected chi connectivity index (χ3v) is 4.17. The molecule has 108 valence electrons. The van der Waals surface area contributed by atoms with Gasteiger partial charge in [0.15, 0.2) is 0 Å². The molecule has 0 unspecified atom stereocenters. The lowest BCUT2D eigenvalue weighted by Gasteiger charge is -2.11. The maximum atomic E-state index is 12.2. The third kappa shape index (κ3) is 2.92. The largest absolute Gasteiger partial charge is 0.497 e. The summed E-state index contributed by atoms with van der Waals surface area (Å²) >= 11 is 0. The number of hydrogen-bond acceptors (Lipinski definition) is 2. The van der Waals surface area contributed by atoms with Gasteiger partial charge in [-0.2, -0.15) is 0 Å². The van der Waals surface area contributed by atoms with Crippen molar-refractivity contribution in [1.82, 2.24) is 0 Å². The summed E-state index contributed by atoms with van der Waals surface area (Å²) < 4.78 is 5.14. The molecule has 1 aliphatic carbocycles. The lowest BCUT2D eigenvalue weighted by molar-refractivity contribution is 0.102. The van der Waals surface area contributed by atoms with Crippen molar-refractivity contribution in [3.05, 3.63) is 59.7 Å². The molecule has 0 bridgehead atoms. The standard InChI is InChI=1S/C18H19NO2/c1-18(10-11-18)14-6-8-15(9-7-14)19-17(20)13-4-3-5-16(12-13)21-2/h3-9,12H,10-11H2,1-2H3,(H,19,20). The van der Waals surface area contributed by atoms with Crippen LogP contribution in [0.5, 0.6) is 5.75 Å². The quantitative estimate of drug-likeness (QED) is 0.920. The predicted octanol–water partition coefficient (Wildman–Crippen LogP) is 4.00. The smallest absolute Gasteiger partial charge is 0.255 e. The SMILES string of the molecule is COc1cccc(C(=O)Nc2ccc(C3(C)CC3)cc2)c1. The van der Waals surface area contributed by atoms with Gasteiger partial charge in [-0.1, -0.05) is 25.1 Å². The van der Waals surface area contributed by atoms with Crippen LogP contribution in [0.3, 0.4) is 0 Å². The van der Waals surface area contributed by atoms with Gasteiger partial charge in [-0.3, -0.25) is 4.79 Å². The molecule has 21 heavy (non-hydrogen) atoms. The van der Waals surface area contributed by atoms with Crippen molar-refractivity contribution in [2.45, 2.75) is 25.2 Å². The van der Waals surface area contributed by atoms with E-state index in [1.54, 1.807) is 19.2 Å². The second-order valence-corrected chi connectivity index (χ2v) is 5.82. The van der Waals surface area contributed by atoms with Gasteiger partial charge in [-0.15, -0.1) is 0 Å². The zero-order chi connectivity index (χ0) is 14.9. The van der Waals surface area contributed by atoms with E-state index in [2.05, 4.69) is 24.4 Å². The molecule has 0 heterocycles. The molecule has 0 atom stereocenters. The first kappa shape index (κ1) is 13.7. The first-order valence-corrected chi connectivity index (χ1v) is 7.17. The van der Waals surface area contributed by atoms with Gasteiger partial charge in [0.05, 0.1) is 7.11 Å². The van der Waals surface area contributed by atoms with Crippen molar-refractivity contribution >= 4 is 11.6 Å². The average molecular weight is 281 g/mol. The Kier molecular flexibility index (Phi) is 3.42. The van der Waals surface area contributed by atoms with Crippen LogP contribution in [0.4, 0.5) is 5.69 Å². The van der Waals surface area contributed by atoms with Gasteiger partial charge in [0, 0.05) is 11.3 Å². The second-order valence-electron chi connectivity index (χ2n) is 5.82. The third-order valence-electron chi connectivity index (χ3n) is 4.17. The molecule has 1 aliphatic rings. The van der Waals surface area contributed by atoms with E-state index in [0.717, 1.165) is 5.69 Å². The lowest BCUT2D eigenvalue weighted by atomic mass is 9.98. The summed E-state index contributed by atoms with van der Waals surface area (Å²) in [4.78, 5) is 12.2. The number of ether oxygens (including phenoxy) is 1. The first-order valence-electron chi connectivity index (χ1n) is 7.17. The lowest BCUT2D eigenvalue weighted by Crippen LogP contribution is -2.12. The van der Waals surface area contributed by atoms with Crippen molar-refractivity contribution < 1.29 is 9.53 Å². The number of hydrogen-bond donors (Lipinski definition) is 1. The minimum Gasteiger partial charge on any atom is -0.497 e. The van der Waals surface area contributed by atoms with Crippen LogP contribution in [0.2, 0.25) is 0 Å². The van der Waals surface area contributed by atoms with Crippen molar-refractivity contribution in [3.63, 3.8) is 0 Å². The van der Waals surface area contributed by atoms with Crippen molar-refractivity contribution in [2.24, 2.45) is 0 Å². The predicted molar refractivity (Wildman–Crippen MR) is 84.0 cm³/mol. The molecule has 0 spiro atoms. The minimum atomic E-state index is -0.126. The van der Waals surface area contributed by atoms with E-state index in [0.29, 0.717) is 16.7 Å². The maximum Gasteiger partial charge on any atom is 0.255 e. The van der Waals surface area contributed by atoms with E-state index in [9.17, 15) is 4.79 Å². The fourth-order valence-electron chi connectivity index (χ4n) is 2.40. The topological polar surface area (TPSA) is 38.3 Å². The van der Waals surface area contributed by atoms with E-state index in [1.807, 2.05) is 24.3 Å². The van der Waals surface area contributed by atoms with E-state index in [1.165, 1.54) is 18.4 Å². The number of nitrogens with one attached hydrogen (secondary N) is 1. The summed E-state index contributed by atoms with van der Waals surface area (Å²) in [5, 5.41) is 2.91. The van der Waals surface area contributed by atoms with Gasteiger partial charge in [-0.25, -0.2) is 0 Å². The Bertz CT molecular complexity index is 657. The Morgan fingerprint density at radius 3 is 2.48 bits per heavy atom. The molecule has 0 radical (unpaired) electrons. The molecule has 0 saturated heterocycles. The van der Waals surface area contributed by atoms with Gasteiger partial charge in [0.25, 0.3) is 5.91 Å². The average Bonchev–Trinajstić information content (AvgIpc) is 3.27. The van der Waals surface area contributed by atoms with Crippen LogP contribution in [0.25, 0.3) is 0 Å². The van der Waals surface area contributed by atoms with Gasteiger partial charge in [0.1, 0.15) is 5.75 Å². The van der Waals surface area contributed by atoms with E-state index in [-0.39, 0.29) is 5.91 Å². The molecule has 2 aromatic rings. The maximum absolute atomic E-state index is 12.2. The minimum absolute atomic E-state index is 0.126. The van der Waals surface area contributed by atoms with Crippen LogP contribution in [0, 0.1) is 0 Å². The summed E-state index contributed by atoms with van der Waals surface area (Å²) in [5.74, 6) is 0.555. The summed E-state index contributed by atoms with van der Waals surface area (Å²) in [7, 11) is 1.59. The molecule has 1 fully saturated rings. The highest BCUT2D eigenvalue weighted by molar-refractivity contribution is 6.04. The van der Waals surface area contributed by atoms with Crippen LogP contribution in [0.1, 0.15) is 35.7 Å². The Labute approximate surface area is 124 Å². The molecule has 2 aromatic carbocycles. The Balaban J connectivity index is 1.72. The summed E-state index contributed by atoms with van der Waals surface area (Å²) in [6.45, 7) is 2.27. The molecular weight excluding hydrogens is 262 g/mol. The highest BCUT2D eigenvalue weighted by atomic mass is 16.5. The molecule has 1 saturated carbocycles. The van der Waals surface area contributed by atoms with Gasteiger partial charge < -0.3 is 10.1 Å². The van der Waals surface area contributed by atoms with Crippen LogP contribution >= 0.6 is 0 Å². The number of amides is 1. The fourth-order valence-corrected chi connectivity index (χ4v) is 2.40. The monoisotopic (exact) mass is 281 g/mol. The second kappa shape index (κ2) is 5.24. The number of carbonyl (C=O) groups is 1. The van der Waals surface area contributed by atoms with Crippen molar-refractivity contribution in [2.75, 3.05) is 12.4 Å². The van der Waals surface area contributed by atoms with E-state index >= 15 is 0 Å². The number of carbonyl (C=O) groups excluding carboxylic acids is 1. The van der Waals surface area contributed by atoms with E-state index < -0.39 is 0 Å². The van der Waals surface area contributed by atoms with Crippen LogP contribution in [0.15, 0.2) is 48.5 Å². The van der Waals surface area contributed by atoms with Gasteiger partial charge >= 0.3 is 0 Å². The molecule has 1 N–H and O–H groups in total. The van der Waals surface area contributed by atoms with Gasteiger partial charge in [0.2, 0.25) is 0 Å². The normalized spacial score (nSPS) is 15.3. The molecule has 3 heteroatoms. The van der Waals surface area contributed by atoms with Crippen LogP contribution < -0.4 is 10.1 Å². The van der Waals surface area contributed by atoms with Crippen molar-refractivity contribution in [1.29, 1.82) is 0 Å². The highest BCUT2D eigenvalue weighted by Gasteiger charge is 2.38. The summed E-state index contributed by atoms with van der Waals surface area (Å²) in [6.07, 6.45) is 2.50. The van der Waals surface area contributed by atoms with Gasteiger partial charge in [-0.05, 0) is 54.2 Å². The zero-order valence-electron chi connectivity index (χ0n) is 12.3. The van der Waals surface area contributed by atoms with Crippen molar-refractivity contribution in [3.8, 4) is 5.75 Å². The summed E-state index contributed by atoms with van der Waals surface area (Å²) in [5.41, 5.74) is 3.11. The Hall–Kier alpha value is -2.29. The molecule has 3 rings (SSSR count). The molecule has 3 nitrogen and oxygen atoms in total. The molecular formula is C18H19NO2. The number of anilines is 1. The fraction of sp³-hybridized carbons (Fsp3) is 0.278. The first-order chi connectivity index (χ1) is 10.1. The van der Waals surface area contributed by atoms with Crippen LogP contribution in [-0.2, 0) is 5.41 Å². The van der Waals surface area contributed by atoms with E-state index in [4.69, 9.17) is 4.74 Å². The Morgan fingerprint density at radius 2 is 1.86 bits per heavy atom. The zero-order valence-corrected chi connectivity index (χ0v) is 12.3. The molecule has 0 aliphatic heterocycles. The van der Waals surface area contributed by atoms with Crippen LogP contribution in [-0.4, -0.2) is 13.0 Å². The summed E-state index contributed by atoms with van der Waals surface area (Å²) in [6, 6.07) is 15.3. The Morgan fingerprint density at radius 1 is 1.14 bits per heavy atom. The number of benzene rings is 2.